The number of hydrogen-bond donors (Lipinski definition) is 1. The van der Waals surface area contributed by atoms with Crippen LogP contribution in [0.4, 0.5) is 11.6 Å². The van der Waals surface area contributed by atoms with Gasteiger partial charge in [0.25, 0.3) is 0 Å². The van der Waals surface area contributed by atoms with Gasteiger partial charge in [0.1, 0.15) is 30.3 Å². The molecule has 0 saturated carbocycles. The average Bonchev–Trinajstić information content (AvgIpc) is 3.36. The number of benzene rings is 1. The van der Waals surface area contributed by atoms with Crippen molar-refractivity contribution in [2.24, 2.45) is 0 Å². The number of rotatable bonds is 10. The lowest BCUT2D eigenvalue weighted by Gasteiger charge is -2.29. The van der Waals surface area contributed by atoms with Gasteiger partial charge >= 0.3 is 0 Å². The minimum Gasteiger partial charge on any atom is -0.492 e. The molecule has 35 heavy (non-hydrogen) atoms. The van der Waals surface area contributed by atoms with Gasteiger partial charge in [-0.05, 0) is 51.1 Å². The Morgan fingerprint density at radius 2 is 1.86 bits per heavy atom. The third-order valence-corrected chi connectivity index (χ3v) is 6.37. The molecule has 1 fully saturated rings. The Kier molecular flexibility index (Phi) is 7.57. The van der Waals surface area contributed by atoms with E-state index in [-0.39, 0.29) is 0 Å². The summed E-state index contributed by atoms with van der Waals surface area (Å²) < 4.78 is 7.87. The molecule has 0 aliphatic carbocycles. The number of β-amino-alcohol motifs (C(OH)–C–C–N with tert-alkyl or cyclic N) is 1. The number of aromatic nitrogens is 4. The molecule has 1 unspecified atom stereocenters. The number of likely N-dealkylation sites (N-methyl/N-ethyl adjacent to an activating group) is 1. The Hall–Kier alpha value is -3.17. The third kappa shape index (κ3) is 6.49. The van der Waals surface area contributed by atoms with E-state index in [9.17, 15) is 5.11 Å². The van der Waals surface area contributed by atoms with E-state index >= 15 is 0 Å². The van der Waals surface area contributed by atoms with Crippen molar-refractivity contribution in [1.29, 1.82) is 0 Å². The van der Waals surface area contributed by atoms with E-state index in [1.54, 1.807) is 6.33 Å². The second-order valence-corrected chi connectivity index (χ2v) is 9.84. The molecule has 3 heterocycles. The number of ether oxygens (including phenoxy) is 1. The lowest BCUT2D eigenvalue weighted by Crippen LogP contribution is -2.43. The Labute approximate surface area is 208 Å². The molecule has 1 N–H and O–H groups in total. The van der Waals surface area contributed by atoms with Crippen molar-refractivity contribution in [3.05, 3.63) is 59.7 Å². The fraction of sp³-hybridized carbons (Fsp3) is 0.500. The van der Waals surface area contributed by atoms with Gasteiger partial charge in [0.05, 0.1) is 17.8 Å². The Morgan fingerprint density at radius 1 is 1.09 bits per heavy atom. The monoisotopic (exact) mass is 479 g/mol. The summed E-state index contributed by atoms with van der Waals surface area (Å²) in [5.74, 6) is 2.57. The van der Waals surface area contributed by atoms with E-state index < -0.39 is 5.60 Å². The van der Waals surface area contributed by atoms with Crippen molar-refractivity contribution in [2.45, 2.75) is 39.0 Å². The first-order valence-corrected chi connectivity index (χ1v) is 12.1. The second-order valence-electron chi connectivity index (χ2n) is 9.84. The largest absolute Gasteiger partial charge is 0.492 e. The van der Waals surface area contributed by atoms with E-state index in [2.05, 4.69) is 50.0 Å². The molecule has 0 radical (unpaired) electrons. The number of aryl methyl sites for hydroxylation is 2. The lowest BCUT2D eigenvalue weighted by atomic mass is 10.0. The summed E-state index contributed by atoms with van der Waals surface area (Å²) in [6, 6.07) is 12.2. The third-order valence-electron chi connectivity index (χ3n) is 6.37. The molecular weight excluding hydrogens is 442 g/mol. The summed E-state index contributed by atoms with van der Waals surface area (Å²) >= 11 is 0. The highest BCUT2D eigenvalue weighted by atomic mass is 16.5. The Bertz CT molecular complexity index is 1120. The molecule has 1 aliphatic heterocycles. The molecular formula is C26H37N7O2. The van der Waals surface area contributed by atoms with Gasteiger partial charge in [-0.15, -0.1) is 0 Å². The first kappa shape index (κ1) is 24.9. The smallest absolute Gasteiger partial charge is 0.134 e. The SMILES string of the molecule is Cc1cc(C)n(CCOc2ccc(CN(C)CC3(O)CCN(c4cc(N(C)C)ncn4)C3)cc2)n1. The van der Waals surface area contributed by atoms with E-state index in [0.29, 0.717) is 26.1 Å². The molecule has 1 atom stereocenters. The highest BCUT2D eigenvalue weighted by Crippen LogP contribution is 2.28. The molecule has 0 spiro atoms. The van der Waals surface area contributed by atoms with Crippen LogP contribution >= 0.6 is 0 Å². The predicted molar refractivity (Wildman–Crippen MR) is 138 cm³/mol. The van der Waals surface area contributed by atoms with Crippen molar-refractivity contribution >= 4 is 11.6 Å². The quantitative estimate of drug-likeness (QED) is 0.475. The molecule has 1 aliphatic rings. The van der Waals surface area contributed by atoms with Crippen molar-refractivity contribution in [2.75, 3.05) is 57.2 Å². The van der Waals surface area contributed by atoms with Crippen LogP contribution in [0.2, 0.25) is 0 Å². The summed E-state index contributed by atoms with van der Waals surface area (Å²) in [5.41, 5.74) is 2.58. The van der Waals surface area contributed by atoms with E-state index in [4.69, 9.17) is 4.74 Å². The zero-order chi connectivity index (χ0) is 25.0. The summed E-state index contributed by atoms with van der Waals surface area (Å²) in [4.78, 5) is 15.0. The summed E-state index contributed by atoms with van der Waals surface area (Å²) in [5, 5.41) is 15.7. The maximum Gasteiger partial charge on any atom is 0.134 e. The average molecular weight is 480 g/mol. The van der Waals surface area contributed by atoms with Gasteiger partial charge in [0.15, 0.2) is 0 Å². The summed E-state index contributed by atoms with van der Waals surface area (Å²) in [6.45, 7) is 8.05. The molecule has 188 valence electrons. The molecule has 9 heteroatoms. The number of anilines is 2. The molecule has 2 aromatic heterocycles. The number of nitrogens with zero attached hydrogens (tertiary/aromatic N) is 7. The van der Waals surface area contributed by atoms with Crippen LogP contribution in [0.1, 0.15) is 23.4 Å². The molecule has 9 nitrogen and oxygen atoms in total. The second kappa shape index (κ2) is 10.6. The molecule has 0 bridgehead atoms. The van der Waals surface area contributed by atoms with Gasteiger partial charge in [-0.25, -0.2) is 9.97 Å². The highest BCUT2D eigenvalue weighted by Gasteiger charge is 2.37. The first-order valence-electron chi connectivity index (χ1n) is 12.1. The van der Waals surface area contributed by atoms with E-state index in [1.165, 1.54) is 5.56 Å². The van der Waals surface area contributed by atoms with E-state index in [1.807, 2.05) is 55.8 Å². The standard InChI is InChI=1S/C26H37N7O2/c1-20-14-21(2)33(29-20)12-13-35-23-8-6-22(7-9-23)16-31(5)17-26(34)10-11-32(18-26)25-15-24(30(3)4)27-19-28-25/h6-9,14-15,19,34H,10-13,16-18H2,1-5H3. The summed E-state index contributed by atoms with van der Waals surface area (Å²) in [6.07, 6.45) is 2.29. The summed E-state index contributed by atoms with van der Waals surface area (Å²) in [7, 11) is 5.97. The van der Waals surface area contributed by atoms with Gasteiger partial charge in [-0.1, -0.05) is 12.1 Å². The first-order chi connectivity index (χ1) is 16.7. The molecule has 3 aromatic rings. The van der Waals surface area contributed by atoms with Crippen LogP contribution in [-0.4, -0.2) is 82.7 Å². The minimum atomic E-state index is -0.774. The molecule has 1 aromatic carbocycles. The van der Waals surface area contributed by atoms with Gasteiger partial charge in [-0.3, -0.25) is 9.58 Å². The topological polar surface area (TPSA) is 82.8 Å². The lowest BCUT2D eigenvalue weighted by molar-refractivity contribution is 0.0279. The van der Waals surface area contributed by atoms with E-state index in [0.717, 1.165) is 48.4 Å². The fourth-order valence-electron chi connectivity index (χ4n) is 4.65. The van der Waals surface area contributed by atoms with Gasteiger partial charge in [0, 0.05) is 52.0 Å². The zero-order valence-corrected chi connectivity index (χ0v) is 21.5. The van der Waals surface area contributed by atoms with Crippen LogP contribution in [0, 0.1) is 13.8 Å². The number of hydrogen-bond acceptors (Lipinski definition) is 8. The van der Waals surface area contributed by atoms with Gasteiger partial charge in [-0.2, -0.15) is 5.10 Å². The maximum atomic E-state index is 11.2. The van der Waals surface area contributed by atoms with Crippen LogP contribution in [0.3, 0.4) is 0 Å². The fourth-order valence-corrected chi connectivity index (χ4v) is 4.65. The van der Waals surface area contributed by atoms with Crippen LogP contribution in [-0.2, 0) is 13.1 Å². The van der Waals surface area contributed by atoms with Crippen LogP contribution in [0.15, 0.2) is 42.7 Å². The molecule has 4 rings (SSSR count). The van der Waals surface area contributed by atoms with Crippen molar-refractivity contribution in [1.82, 2.24) is 24.6 Å². The van der Waals surface area contributed by atoms with Gasteiger partial charge in [0.2, 0.25) is 0 Å². The zero-order valence-electron chi connectivity index (χ0n) is 21.5. The predicted octanol–water partition coefficient (Wildman–Crippen LogP) is 2.51. The normalized spacial score (nSPS) is 17.9. The maximum absolute atomic E-state index is 11.2. The van der Waals surface area contributed by atoms with Crippen molar-refractivity contribution in [3.8, 4) is 5.75 Å². The minimum absolute atomic E-state index is 0.559. The van der Waals surface area contributed by atoms with Crippen molar-refractivity contribution < 1.29 is 9.84 Å². The number of aliphatic hydroxyl groups is 1. The highest BCUT2D eigenvalue weighted by molar-refractivity contribution is 5.50. The van der Waals surface area contributed by atoms with Crippen LogP contribution in [0.5, 0.6) is 5.75 Å². The van der Waals surface area contributed by atoms with Crippen LogP contribution in [0.25, 0.3) is 0 Å². The van der Waals surface area contributed by atoms with Gasteiger partial charge < -0.3 is 19.6 Å². The Morgan fingerprint density at radius 3 is 2.54 bits per heavy atom. The molecule has 1 saturated heterocycles. The van der Waals surface area contributed by atoms with Crippen LogP contribution < -0.4 is 14.5 Å². The van der Waals surface area contributed by atoms with Crippen molar-refractivity contribution in [3.63, 3.8) is 0 Å². The molecule has 0 amide bonds. The Balaban J connectivity index is 1.25.